The number of benzene rings is 2. The predicted molar refractivity (Wildman–Crippen MR) is 84.0 cm³/mol. The van der Waals surface area contributed by atoms with Gasteiger partial charge in [-0.3, -0.25) is 4.79 Å². The van der Waals surface area contributed by atoms with Crippen molar-refractivity contribution in [2.45, 2.75) is 6.54 Å². The lowest BCUT2D eigenvalue weighted by molar-refractivity contribution is 0.415. The van der Waals surface area contributed by atoms with Crippen LogP contribution in [0.4, 0.5) is 0 Å². The number of ether oxygens (including phenoxy) is 1. The van der Waals surface area contributed by atoms with Crippen molar-refractivity contribution in [1.82, 2.24) is 4.57 Å². The van der Waals surface area contributed by atoms with Gasteiger partial charge >= 0.3 is 0 Å². The first-order valence-electron chi connectivity index (χ1n) is 6.72. The van der Waals surface area contributed by atoms with Gasteiger partial charge in [-0.1, -0.05) is 18.2 Å². The van der Waals surface area contributed by atoms with Crippen LogP contribution in [0.2, 0.25) is 0 Å². The van der Waals surface area contributed by atoms with Crippen LogP contribution >= 0.6 is 0 Å². The molecule has 1 heterocycles. The molecule has 2 N–H and O–H groups in total. The molecule has 0 unspecified atom stereocenters. The molecule has 0 fully saturated rings. The SMILES string of the molecule is COc1ccc2c(=O)c(CN)cn(-c3ccccc3)c2c1. The highest BCUT2D eigenvalue weighted by atomic mass is 16.5. The monoisotopic (exact) mass is 280 g/mol. The van der Waals surface area contributed by atoms with Gasteiger partial charge in [-0.2, -0.15) is 0 Å². The lowest BCUT2D eigenvalue weighted by Gasteiger charge is -2.14. The van der Waals surface area contributed by atoms with E-state index >= 15 is 0 Å². The molecule has 3 rings (SSSR count). The molecule has 21 heavy (non-hydrogen) atoms. The van der Waals surface area contributed by atoms with Gasteiger partial charge in [0.25, 0.3) is 0 Å². The van der Waals surface area contributed by atoms with Crippen molar-refractivity contribution in [3.05, 3.63) is 70.5 Å². The number of aromatic nitrogens is 1. The largest absolute Gasteiger partial charge is 0.497 e. The molecule has 0 atom stereocenters. The second-order valence-electron chi connectivity index (χ2n) is 4.78. The summed E-state index contributed by atoms with van der Waals surface area (Å²) in [7, 11) is 1.61. The van der Waals surface area contributed by atoms with Crippen molar-refractivity contribution in [3.8, 4) is 11.4 Å². The molecule has 4 heteroatoms. The zero-order valence-corrected chi connectivity index (χ0v) is 11.7. The number of methoxy groups -OCH3 is 1. The molecular formula is C17H16N2O2. The van der Waals surface area contributed by atoms with Crippen LogP contribution in [0.5, 0.6) is 5.75 Å². The van der Waals surface area contributed by atoms with Gasteiger partial charge in [-0.15, -0.1) is 0 Å². The quantitative estimate of drug-likeness (QED) is 0.801. The van der Waals surface area contributed by atoms with E-state index in [4.69, 9.17) is 10.5 Å². The fourth-order valence-electron chi connectivity index (χ4n) is 2.43. The first kappa shape index (κ1) is 13.4. The van der Waals surface area contributed by atoms with Gasteiger partial charge in [0.2, 0.25) is 0 Å². The molecule has 0 saturated carbocycles. The highest BCUT2D eigenvalue weighted by Crippen LogP contribution is 2.22. The fraction of sp³-hybridized carbons (Fsp3) is 0.118. The number of fused-ring (bicyclic) bond motifs is 1. The topological polar surface area (TPSA) is 57.2 Å². The molecule has 0 bridgehead atoms. The van der Waals surface area contributed by atoms with Crippen molar-refractivity contribution in [2.24, 2.45) is 5.73 Å². The summed E-state index contributed by atoms with van der Waals surface area (Å²) in [6.45, 7) is 0.216. The van der Waals surface area contributed by atoms with Crippen molar-refractivity contribution < 1.29 is 4.74 Å². The maximum atomic E-state index is 12.4. The number of nitrogens with zero attached hydrogens (tertiary/aromatic N) is 1. The Morgan fingerprint density at radius 2 is 1.90 bits per heavy atom. The summed E-state index contributed by atoms with van der Waals surface area (Å²) >= 11 is 0. The van der Waals surface area contributed by atoms with E-state index in [1.165, 1.54) is 0 Å². The molecule has 0 saturated heterocycles. The minimum Gasteiger partial charge on any atom is -0.497 e. The van der Waals surface area contributed by atoms with Crippen LogP contribution in [0.25, 0.3) is 16.6 Å². The zero-order chi connectivity index (χ0) is 14.8. The van der Waals surface area contributed by atoms with E-state index < -0.39 is 0 Å². The third kappa shape index (κ3) is 2.30. The third-order valence-corrected chi connectivity index (χ3v) is 3.54. The van der Waals surface area contributed by atoms with Gasteiger partial charge in [0.15, 0.2) is 5.43 Å². The van der Waals surface area contributed by atoms with Crippen LogP contribution in [0.1, 0.15) is 5.56 Å². The third-order valence-electron chi connectivity index (χ3n) is 3.54. The molecule has 0 radical (unpaired) electrons. The second kappa shape index (κ2) is 5.42. The first-order valence-corrected chi connectivity index (χ1v) is 6.72. The summed E-state index contributed by atoms with van der Waals surface area (Å²) in [6.07, 6.45) is 1.80. The van der Waals surface area contributed by atoms with Crippen molar-refractivity contribution in [3.63, 3.8) is 0 Å². The predicted octanol–water partition coefficient (Wildman–Crippen LogP) is 2.46. The number of hydrogen-bond acceptors (Lipinski definition) is 3. The summed E-state index contributed by atoms with van der Waals surface area (Å²) in [5.74, 6) is 0.715. The Morgan fingerprint density at radius 3 is 2.57 bits per heavy atom. The Balaban J connectivity index is 2.41. The molecule has 0 aliphatic rings. The standard InChI is InChI=1S/C17H16N2O2/c1-21-14-7-8-15-16(9-14)19(11-12(10-18)17(15)20)13-5-3-2-4-6-13/h2-9,11H,10,18H2,1H3. The van der Waals surface area contributed by atoms with E-state index in [2.05, 4.69) is 0 Å². The lowest BCUT2D eigenvalue weighted by Crippen LogP contribution is -2.17. The Kier molecular flexibility index (Phi) is 3.46. The van der Waals surface area contributed by atoms with Crippen LogP contribution in [0.15, 0.2) is 59.5 Å². The maximum Gasteiger partial charge on any atom is 0.193 e. The van der Waals surface area contributed by atoms with E-state index in [-0.39, 0.29) is 12.0 Å². The highest BCUT2D eigenvalue weighted by molar-refractivity contribution is 5.82. The molecule has 106 valence electrons. The van der Waals surface area contributed by atoms with E-state index in [0.717, 1.165) is 11.2 Å². The van der Waals surface area contributed by atoms with Crippen molar-refractivity contribution in [2.75, 3.05) is 7.11 Å². The Bertz CT molecular complexity index is 839. The molecule has 2 aromatic carbocycles. The number of rotatable bonds is 3. The van der Waals surface area contributed by atoms with Crippen LogP contribution in [-0.4, -0.2) is 11.7 Å². The molecule has 0 aliphatic heterocycles. The minimum absolute atomic E-state index is 0.0256. The van der Waals surface area contributed by atoms with Crippen LogP contribution < -0.4 is 15.9 Å². The van der Waals surface area contributed by atoms with Crippen LogP contribution in [0.3, 0.4) is 0 Å². The number of nitrogens with two attached hydrogens (primary N) is 1. The number of hydrogen-bond donors (Lipinski definition) is 1. The van der Waals surface area contributed by atoms with Gasteiger partial charge in [0.1, 0.15) is 5.75 Å². The summed E-state index contributed by atoms with van der Waals surface area (Å²) in [4.78, 5) is 12.4. The maximum absolute atomic E-state index is 12.4. The van der Waals surface area contributed by atoms with Gasteiger partial charge < -0.3 is 15.0 Å². The van der Waals surface area contributed by atoms with Gasteiger partial charge in [-0.05, 0) is 24.3 Å². The molecule has 0 spiro atoms. The normalized spacial score (nSPS) is 10.8. The van der Waals surface area contributed by atoms with Crippen molar-refractivity contribution >= 4 is 10.9 Å². The highest BCUT2D eigenvalue weighted by Gasteiger charge is 2.10. The molecular weight excluding hydrogens is 264 g/mol. The van der Waals surface area contributed by atoms with Gasteiger partial charge in [0, 0.05) is 35.4 Å². The zero-order valence-electron chi connectivity index (χ0n) is 11.7. The van der Waals surface area contributed by atoms with E-state index in [1.54, 1.807) is 25.4 Å². The minimum atomic E-state index is -0.0256. The van der Waals surface area contributed by atoms with Crippen LogP contribution in [0, 0.1) is 0 Å². The number of pyridine rings is 1. The lowest BCUT2D eigenvalue weighted by atomic mass is 10.1. The Hall–Kier alpha value is -2.59. The summed E-state index contributed by atoms with van der Waals surface area (Å²) < 4.78 is 7.24. The van der Waals surface area contributed by atoms with Gasteiger partial charge in [-0.25, -0.2) is 0 Å². The molecule has 0 aliphatic carbocycles. The van der Waals surface area contributed by atoms with E-state index in [0.29, 0.717) is 16.7 Å². The van der Waals surface area contributed by atoms with Crippen LogP contribution in [-0.2, 0) is 6.54 Å². The summed E-state index contributed by atoms with van der Waals surface area (Å²) in [6, 6.07) is 15.3. The van der Waals surface area contributed by atoms with Crippen molar-refractivity contribution in [1.29, 1.82) is 0 Å². The molecule has 4 nitrogen and oxygen atoms in total. The second-order valence-corrected chi connectivity index (χ2v) is 4.78. The average Bonchev–Trinajstić information content (AvgIpc) is 2.55. The van der Waals surface area contributed by atoms with Gasteiger partial charge in [0.05, 0.1) is 12.6 Å². The molecule has 1 aromatic heterocycles. The average molecular weight is 280 g/mol. The smallest absolute Gasteiger partial charge is 0.193 e. The summed E-state index contributed by atoms with van der Waals surface area (Å²) in [5, 5.41) is 0.641. The summed E-state index contributed by atoms with van der Waals surface area (Å²) in [5.41, 5.74) is 8.06. The van der Waals surface area contributed by atoms with E-state index in [1.807, 2.05) is 41.0 Å². The fourth-order valence-corrected chi connectivity index (χ4v) is 2.43. The molecule has 3 aromatic rings. The van der Waals surface area contributed by atoms with E-state index in [9.17, 15) is 4.79 Å². The first-order chi connectivity index (χ1) is 10.2. The number of para-hydroxylation sites is 1. The molecule has 0 amide bonds. The Labute approximate surface area is 122 Å². The Morgan fingerprint density at radius 1 is 1.14 bits per heavy atom.